The van der Waals surface area contributed by atoms with Crippen molar-refractivity contribution in [2.24, 2.45) is 0 Å². The zero-order chi connectivity index (χ0) is 11.4. The summed E-state index contributed by atoms with van der Waals surface area (Å²) < 4.78 is 4.76. The molecule has 0 aliphatic heterocycles. The second-order valence-electron chi connectivity index (χ2n) is 3.21. The van der Waals surface area contributed by atoms with Crippen molar-refractivity contribution in [1.29, 1.82) is 0 Å². The number of hydrogen-bond donors (Lipinski definition) is 1. The van der Waals surface area contributed by atoms with Crippen LogP contribution in [0.5, 0.6) is 0 Å². The normalized spacial score (nSPS) is 10.3. The molecule has 1 N–H and O–H groups in total. The Bertz CT molecular complexity index is 513. The first-order chi connectivity index (χ1) is 7.81. The number of carbonyl (C=O) groups is 1. The summed E-state index contributed by atoms with van der Waals surface area (Å²) >= 11 is 0. The minimum absolute atomic E-state index is 0.184. The third-order valence-electron chi connectivity index (χ3n) is 2.09. The van der Waals surface area contributed by atoms with Crippen molar-refractivity contribution in [2.45, 2.75) is 0 Å². The number of carbonyl (C=O) groups excluding carboxylic acids is 1. The van der Waals surface area contributed by atoms with Gasteiger partial charge < -0.3 is 10.1 Å². The molecule has 0 aromatic carbocycles. The van der Waals surface area contributed by atoms with Gasteiger partial charge in [0.1, 0.15) is 6.73 Å². The van der Waals surface area contributed by atoms with Crippen LogP contribution in [-0.4, -0.2) is 29.7 Å². The summed E-state index contributed by atoms with van der Waals surface area (Å²) in [7, 11) is 1.52. The third-order valence-corrected chi connectivity index (χ3v) is 2.09. The molecule has 0 atom stereocenters. The lowest BCUT2D eigenvalue weighted by Gasteiger charge is -2.03. The zero-order valence-corrected chi connectivity index (χ0v) is 8.80. The SMILES string of the molecule is COCNC(=O)c1cnc2ncccc2c1. The molecule has 5 heteroatoms. The lowest BCUT2D eigenvalue weighted by atomic mass is 10.2. The monoisotopic (exact) mass is 217 g/mol. The third kappa shape index (κ3) is 2.14. The van der Waals surface area contributed by atoms with Gasteiger partial charge in [-0.2, -0.15) is 0 Å². The number of ether oxygens (including phenoxy) is 1. The Hall–Kier alpha value is -2.01. The minimum atomic E-state index is -0.208. The Kier molecular flexibility index (Phi) is 3.07. The van der Waals surface area contributed by atoms with E-state index in [9.17, 15) is 4.79 Å². The molecule has 82 valence electrons. The number of fused-ring (bicyclic) bond motifs is 1. The van der Waals surface area contributed by atoms with Crippen molar-refractivity contribution in [1.82, 2.24) is 15.3 Å². The molecule has 2 rings (SSSR count). The number of nitrogens with one attached hydrogen (secondary N) is 1. The van der Waals surface area contributed by atoms with Crippen molar-refractivity contribution >= 4 is 16.9 Å². The van der Waals surface area contributed by atoms with Gasteiger partial charge in [-0.1, -0.05) is 0 Å². The van der Waals surface area contributed by atoms with E-state index in [0.717, 1.165) is 5.39 Å². The van der Waals surface area contributed by atoms with Crippen LogP contribution in [0, 0.1) is 0 Å². The van der Waals surface area contributed by atoms with Crippen LogP contribution in [0.25, 0.3) is 11.0 Å². The molecule has 0 radical (unpaired) electrons. The second-order valence-corrected chi connectivity index (χ2v) is 3.21. The van der Waals surface area contributed by atoms with Gasteiger partial charge in [0, 0.05) is 24.9 Å². The molecule has 0 bridgehead atoms. The fourth-order valence-electron chi connectivity index (χ4n) is 1.33. The Balaban J connectivity index is 2.28. The van der Waals surface area contributed by atoms with Gasteiger partial charge in [-0.05, 0) is 18.2 Å². The Labute approximate surface area is 92.5 Å². The molecule has 0 aliphatic carbocycles. The number of nitrogens with zero attached hydrogens (tertiary/aromatic N) is 2. The molecule has 2 aromatic heterocycles. The van der Waals surface area contributed by atoms with Crippen LogP contribution in [-0.2, 0) is 4.74 Å². The van der Waals surface area contributed by atoms with E-state index in [-0.39, 0.29) is 12.6 Å². The fraction of sp³-hybridized carbons (Fsp3) is 0.182. The maximum atomic E-state index is 11.6. The topological polar surface area (TPSA) is 64.1 Å². The van der Waals surface area contributed by atoms with Crippen molar-refractivity contribution in [3.05, 3.63) is 36.2 Å². The van der Waals surface area contributed by atoms with E-state index in [1.807, 2.05) is 6.07 Å². The lowest BCUT2D eigenvalue weighted by Crippen LogP contribution is -2.25. The Morgan fingerprint density at radius 3 is 3.19 bits per heavy atom. The highest BCUT2D eigenvalue weighted by molar-refractivity contribution is 5.96. The van der Waals surface area contributed by atoms with Crippen LogP contribution in [0.1, 0.15) is 10.4 Å². The lowest BCUT2D eigenvalue weighted by molar-refractivity contribution is 0.0872. The molecule has 0 saturated heterocycles. The van der Waals surface area contributed by atoms with Crippen molar-refractivity contribution in [2.75, 3.05) is 13.8 Å². The molecule has 1 amide bonds. The fourth-order valence-corrected chi connectivity index (χ4v) is 1.33. The molecule has 2 aromatic rings. The number of amides is 1. The van der Waals surface area contributed by atoms with Crippen molar-refractivity contribution < 1.29 is 9.53 Å². The van der Waals surface area contributed by atoms with Gasteiger partial charge in [-0.25, -0.2) is 9.97 Å². The van der Waals surface area contributed by atoms with E-state index < -0.39 is 0 Å². The van der Waals surface area contributed by atoms with Gasteiger partial charge in [0.25, 0.3) is 5.91 Å². The van der Waals surface area contributed by atoms with Crippen LogP contribution in [0.3, 0.4) is 0 Å². The van der Waals surface area contributed by atoms with Crippen LogP contribution in [0.4, 0.5) is 0 Å². The summed E-state index contributed by atoms with van der Waals surface area (Å²) in [6.07, 6.45) is 3.17. The summed E-state index contributed by atoms with van der Waals surface area (Å²) in [6.45, 7) is 0.184. The summed E-state index contributed by atoms with van der Waals surface area (Å²) in [4.78, 5) is 19.8. The predicted octanol–water partition coefficient (Wildman–Crippen LogP) is 0.963. The zero-order valence-electron chi connectivity index (χ0n) is 8.80. The van der Waals surface area contributed by atoms with Gasteiger partial charge in [0.15, 0.2) is 5.65 Å². The molecular formula is C11H11N3O2. The summed E-state index contributed by atoms with van der Waals surface area (Å²) in [5.74, 6) is -0.208. The van der Waals surface area contributed by atoms with Gasteiger partial charge in [-0.3, -0.25) is 4.79 Å². The van der Waals surface area contributed by atoms with Crippen LogP contribution < -0.4 is 5.32 Å². The number of aromatic nitrogens is 2. The number of rotatable bonds is 3. The highest BCUT2D eigenvalue weighted by Gasteiger charge is 2.06. The molecule has 2 heterocycles. The second kappa shape index (κ2) is 4.67. The summed E-state index contributed by atoms with van der Waals surface area (Å²) in [5, 5.41) is 3.43. The van der Waals surface area contributed by atoms with Crippen molar-refractivity contribution in [3.8, 4) is 0 Å². The maximum Gasteiger partial charge on any atom is 0.254 e. The first-order valence-corrected chi connectivity index (χ1v) is 4.79. The van der Waals surface area contributed by atoms with Crippen LogP contribution in [0.2, 0.25) is 0 Å². The number of hydrogen-bond acceptors (Lipinski definition) is 4. The van der Waals surface area contributed by atoms with Crippen LogP contribution >= 0.6 is 0 Å². The Morgan fingerprint density at radius 2 is 2.38 bits per heavy atom. The molecular weight excluding hydrogens is 206 g/mol. The molecule has 0 unspecified atom stereocenters. The summed E-state index contributed by atoms with van der Waals surface area (Å²) in [6, 6.07) is 5.42. The van der Waals surface area contributed by atoms with Gasteiger partial charge in [0.05, 0.1) is 5.56 Å². The standard InChI is InChI=1S/C11H11N3O2/c1-16-7-14-11(15)9-5-8-3-2-4-12-10(8)13-6-9/h2-6H,7H2,1H3,(H,14,15). The highest BCUT2D eigenvalue weighted by Crippen LogP contribution is 2.09. The van der Waals surface area contributed by atoms with E-state index in [0.29, 0.717) is 11.2 Å². The molecule has 16 heavy (non-hydrogen) atoms. The molecule has 5 nitrogen and oxygen atoms in total. The molecule has 0 spiro atoms. The number of pyridine rings is 2. The van der Waals surface area contributed by atoms with Gasteiger partial charge in [0.2, 0.25) is 0 Å². The maximum absolute atomic E-state index is 11.6. The summed E-state index contributed by atoms with van der Waals surface area (Å²) in [5.41, 5.74) is 1.13. The van der Waals surface area contributed by atoms with E-state index >= 15 is 0 Å². The first-order valence-electron chi connectivity index (χ1n) is 4.79. The van der Waals surface area contributed by atoms with Crippen molar-refractivity contribution in [3.63, 3.8) is 0 Å². The largest absolute Gasteiger partial charge is 0.364 e. The minimum Gasteiger partial charge on any atom is -0.364 e. The van der Waals surface area contributed by atoms with Crippen LogP contribution in [0.15, 0.2) is 30.6 Å². The molecule has 0 saturated carbocycles. The van der Waals surface area contributed by atoms with Gasteiger partial charge >= 0.3 is 0 Å². The predicted molar refractivity (Wildman–Crippen MR) is 58.9 cm³/mol. The highest BCUT2D eigenvalue weighted by atomic mass is 16.5. The molecule has 0 aliphatic rings. The Morgan fingerprint density at radius 1 is 1.50 bits per heavy atom. The number of methoxy groups -OCH3 is 1. The quantitative estimate of drug-likeness (QED) is 0.778. The van der Waals surface area contributed by atoms with E-state index in [1.54, 1.807) is 18.3 Å². The van der Waals surface area contributed by atoms with Gasteiger partial charge in [-0.15, -0.1) is 0 Å². The smallest absolute Gasteiger partial charge is 0.254 e. The average molecular weight is 217 g/mol. The first kappa shape index (κ1) is 10.5. The average Bonchev–Trinajstić information content (AvgIpc) is 2.35. The van der Waals surface area contributed by atoms with E-state index in [1.165, 1.54) is 13.3 Å². The van der Waals surface area contributed by atoms with E-state index in [2.05, 4.69) is 15.3 Å². The molecule has 0 fully saturated rings. The van der Waals surface area contributed by atoms with E-state index in [4.69, 9.17) is 4.74 Å².